The first-order valence-corrected chi connectivity index (χ1v) is 9.36. The number of nitrogens with zero attached hydrogens (tertiary/aromatic N) is 2. The van der Waals surface area contributed by atoms with E-state index in [-0.39, 0.29) is 6.03 Å². The van der Waals surface area contributed by atoms with Crippen molar-refractivity contribution in [1.29, 1.82) is 0 Å². The minimum Gasteiger partial charge on any atom is -0.338 e. The van der Waals surface area contributed by atoms with Crippen molar-refractivity contribution in [3.05, 3.63) is 17.5 Å². The van der Waals surface area contributed by atoms with Crippen LogP contribution in [0.1, 0.15) is 37.6 Å². The van der Waals surface area contributed by atoms with Crippen LogP contribution in [0.4, 0.5) is 4.79 Å². The molecule has 1 aliphatic rings. The van der Waals surface area contributed by atoms with Crippen LogP contribution in [0, 0.1) is 19.8 Å². The second-order valence-electron chi connectivity index (χ2n) is 6.38. The molecule has 1 heterocycles. The van der Waals surface area contributed by atoms with Crippen LogP contribution in [0.25, 0.3) is 0 Å². The highest BCUT2D eigenvalue weighted by Gasteiger charge is 2.27. The predicted octanol–water partition coefficient (Wildman–Crippen LogP) is 2.72. The van der Waals surface area contributed by atoms with Gasteiger partial charge in [0.1, 0.15) is 0 Å². The van der Waals surface area contributed by atoms with Crippen molar-refractivity contribution in [3.63, 3.8) is 0 Å². The van der Waals surface area contributed by atoms with E-state index in [0.29, 0.717) is 23.8 Å². The first kappa shape index (κ1) is 17.2. The maximum Gasteiger partial charge on any atom is 0.315 e. The molecule has 1 aliphatic carbocycles. The molecule has 3 atom stereocenters. The summed E-state index contributed by atoms with van der Waals surface area (Å²) >= 11 is 1.86. The van der Waals surface area contributed by atoms with Gasteiger partial charge in [0.15, 0.2) is 0 Å². The molecule has 2 N–H and O–H groups in total. The molecular formula is C16H28N4OS. The van der Waals surface area contributed by atoms with Crippen molar-refractivity contribution < 1.29 is 4.79 Å². The lowest BCUT2D eigenvalue weighted by atomic mass is 10.2. The van der Waals surface area contributed by atoms with Crippen LogP contribution >= 0.6 is 11.8 Å². The number of rotatable bonds is 6. The Hall–Kier alpha value is -1.17. The van der Waals surface area contributed by atoms with E-state index in [1.165, 1.54) is 18.5 Å². The van der Waals surface area contributed by atoms with Gasteiger partial charge in [0.2, 0.25) is 0 Å². The van der Waals surface area contributed by atoms with Crippen LogP contribution in [0.3, 0.4) is 0 Å². The van der Waals surface area contributed by atoms with Crippen molar-refractivity contribution in [1.82, 2.24) is 20.4 Å². The Morgan fingerprint density at radius 2 is 2.27 bits per heavy atom. The van der Waals surface area contributed by atoms with Gasteiger partial charge in [-0.15, -0.1) is 0 Å². The molecule has 2 amide bonds. The number of aromatic nitrogens is 2. The molecule has 0 radical (unpaired) electrons. The third-order valence-corrected chi connectivity index (χ3v) is 5.44. The monoisotopic (exact) mass is 324 g/mol. The van der Waals surface area contributed by atoms with Gasteiger partial charge in [-0.25, -0.2) is 4.79 Å². The van der Waals surface area contributed by atoms with Gasteiger partial charge in [-0.2, -0.15) is 16.9 Å². The zero-order valence-electron chi connectivity index (χ0n) is 14.1. The Kier molecular flexibility index (Phi) is 6.17. The lowest BCUT2D eigenvalue weighted by Gasteiger charge is -2.20. The SMILES string of the molecule is CS[C@@H]1CCC[C@H]1NC(=O)NC[C@@H](C)Cn1nc(C)cc1C. The fraction of sp³-hybridized carbons (Fsp3) is 0.750. The summed E-state index contributed by atoms with van der Waals surface area (Å²) in [5.74, 6) is 0.351. The molecule has 2 rings (SSSR count). The number of carbonyl (C=O) groups excluding carboxylic acids is 1. The average Bonchev–Trinajstić information content (AvgIpc) is 3.03. The van der Waals surface area contributed by atoms with Crippen molar-refractivity contribution in [2.75, 3.05) is 12.8 Å². The summed E-state index contributed by atoms with van der Waals surface area (Å²) in [6.07, 6.45) is 5.64. The van der Waals surface area contributed by atoms with Gasteiger partial charge < -0.3 is 10.6 Å². The molecule has 6 heteroatoms. The fourth-order valence-electron chi connectivity index (χ4n) is 3.08. The van der Waals surface area contributed by atoms with Gasteiger partial charge >= 0.3 is 6.03 Å². The van der Waals surface area contributed by atoms with E-state index in [9.17, 15) is 4.79 Å². The first-order valence-electron chi connectivity index (χ1n) is 8.07. The minimum absolute atomic E-state index is 0.0360. The summed E-state index contributed by atoms with van der Waals surface area (Å²) < 4.78 is 2.01. The van der Waals surface area contributed by atoms with Crippen molar-refractivity contribution in [2.24, 2.45) is 5.92 Å². The van der Waals surface area contributed by atoms with Crippen LogP contribution in [0.2, 0.25) is 0 Å². The Labute approximate surface area is 137 Å². The maximum absolute atomic E-state index is 12.0. The largest absolute Gasteiger partial charge is 0.338 e. The zero-order chi connectivity index (χ0) is 16.1. The smallest absolute Gasteiger partial charge is 0.315 e. The summed E-state index contributed by atoms with van der Waals surface area (Å²) in [6, 6.07) is 2.36. The number of aryl methyl sites for hydroxylation is 2. The van der Waals surface area contributed by atoms with E-state index in [4.69, 9.17) is 0 Å². The molecule has 0 aliphatic heterocycles. The third-order valence-electron chi connectivity index (χ3n) is 4.27. The summed E-state index contributed by atoms with van der Waals surface area (Å²) in [7, 11) is 0. The summed E-state index contributed by atoms with van der Waals surface area (Å²) in [6.45, 7) is 7.70. The Morgan fingerprint density at radius 1 is 1.50 bits per heavy atom. The quantitative estimate of drug-likeness (QED) is 0.846. The summed E-state index contributed by atoms with van der Waals surface area (Å²) in [5.41, 5.74) is 2.21. The maximum atomic E-state index is 12.0. The van der Waals surface area contributed by atoms with E-state index in [2.05, 4.69) is 41.9 Å². The number of thioether (sulfide) groups is 1. The molecule has 0 unspecified atom stereocenters. The highest BCUT2D eigenvalue weighted by Crippen LogP contribution is 2.28. The standard InChI is InChI=1S/C16H28N4OS/c1-11(10-20-13(3)8-12(2)19-20)9-17-16(21)18-14-6-5-7-15(14)22-4/h8,11,14-15H,5-7,9-10H2,1-4H3,(H2,17,18,21)/t11-,14-,15-/m1/s1. The van der Waals surface area contributed by atoms with Crippen molar-refractivity contribution >= 4 is 17.8 Å². The highest BCUT2D eigenvalue weighted by molar-refractivity contribution is 7.99. The summed E-state index contributed by atoms with van der Waals surface area (Å²) in [5, 5.41) is 11.2. The van der Waals surface area contributed by atoms with Crippen LogP contribution in [0.5, 0.6) is 0 Å². The number of hydrogen-bond donors (Lipinski definition) is 2. The molecule has 5 nitrogen and oxygen atoms in total. The average molecular weight is 324 g/mol. The number of hydrogen-bond acceptors (Lipinski definition) is 3. The molecule has 124 valence electrons. The van der Waals surface area contributed by atoms with Gasteiger partial charge in [0.25, 0.3) is 0 Å². The second-order valence-corrected chi connectivity index (χ2v) is 7.46. The molecule has 1 fully saturated rings. The van der Waals surface area contributed by atoms with Crippen LogP contribution in [-0.4, -0.2) is 39.9 Å². The normalized spacial score (nSPS) is 22.5. The third kappa shape index (κ3) is 4.66. The molecule has 1 aromatic rings. The van der Waals surface area contributed by atoms with Gasteiger partial charge in [-0.1, -0.05) is 13.3 Å². The van der Waals surface area contributed by atoms with E-state index < -0.39 is 0 Å². The Morgan fingerprint density at radius 3 is 2.91 bits per heavy atom. The van der Waals surface area contributed by atoms with Crippen LogP contribution in [0.15, 0.2) is 6.07 Å². The predicted molar refractivity (Wildman–Crippen MR) is 92.3 cm³/mol. The number of amides is 2. The molecule has 1 saturated carbocycles. The molecule has 0 aromatic carbocycles. The van der Waals surface area contributed by atoms with Crippen molar-refractivity contribution in [2.45, 2.75) is 57.9 Å². The van der Waals surface area contributed by atoms with E-state index in [1.807, 2.05) is 23.4 Å². The first-order chi connectivity index (χ1) is 10.5. The highest BCUT2D eigenvalue weighted by atomic mass is 32.2. The van der Waals surface area contributed by atoms with Gasteiger partial charge in [-0.05, 0) is 44.9 Å². The van der Waals surface area contributed by atoms with E-state index >= 15 is 0 Å². The Balaban J connectivity index is 1.72. The van der Waals surface area contributed by atoms with Crippen molar-refractivity contribution in [3.8, 4) is 0 Å². The zero-order valence-corrected chi connectivity index (χ0v) is 14.9. The summed E-state index contributed by atoms with van der Waals surface area (Å²) in [4.78, 5) is 12.0. The number of urea groups is 1. The molecule has 1 aromatic heterocycles. The van der Waals surface area contributed by atoms with Crippen LogP contribution in [-0.2, 0) is 6.54 Å². The number of carbonyl (C=O) groups is 1. The van der Waals surface area contributed by atoms with E-state index in [0.717, 1.165) is 18.7 Å². The fourth-order valence-corrected chi connectivity index (χ4v) is 4.01. The lowest BCUT2D eigenvalue weighted by molar-refractivity contribution is 0.235. The van der Waals surface area contributed by atoms with Gasteiger partial charge in [0, 0.05) is 30.1 Å². The number of nitrogens with one attached hydrogen (secondary N) is 2. The minimum atomic E-state index is -0.0360. The molecule has 0 saturated heterocycles. The Bertz CT molecular complexity index is 502. The van der Waals surface area contributed by atoms with E-state index in [1.54, 1.807) is 0 Å². The molecular weight excluding hydrogens is 296 g/mol. The molecule has 0 spiro atoms. The lowest BCUT2D eigenvalue weighted by Crippen LogP contribution is -2.45. The molecule has 0 bridgehead atoms. The molecule has 22 heavy (non-hydrogen) atoms. The second kappa shape index (κ2) is 7.90. The topological polar surface area (TPSA) is 59.0 Å². The van der Waals surface area contributed by atoms with Gasteiger partial charge in [0.05, 0.1) is 5.69 Å². The van der Waals surface area contributed by atoms with Gasteiger partial charge in [-0.3, -0.25) is 4.68 Å². The van der Waals surface area contributed by atoms with Crippen LogP contribution < -0.4 is 10.6 Å².